The Morgan fingerprint density at radius 1 is 1.57 bits per heavy atom. The summed E-state index contributed by atoms with van der Waals surface area (Å²) in [6.07, 6.45) is 0.504. The Balaban J connectivity index is 2.64. The number of carbonyl (C=O) groups excluding carboxylic acids is 1. The van der Waals surface area contributed by atoms with Crippen molar-refractivity contribution in [2.45, 2.75) is 13.3 Å². The van der Waals surface area contributed by atoms with Crippen molar-refractivity contribution in [3.05, 3.63) is 35.6 Å². The van der Waals surface area contributed by atoms with Crippen LogP contribution in [0.25, 0.3) is 0 Å². The second kappa shape index (κ2) is 4.74. The normalized spacial score (nSPS) is 12.2. The molecular weight excluding hydrogens is 183 g/mol. The van der Waals surface area contributed by atoms with Crippen LogP contribution in [0.2, 0.25) is 0 Å². The predicted octanol–water partition coefficient (Wildman–Crippen LogP) is 2.18. The number of esters is 1. The largest absolute Gasteiger partial charge is 0.469 e. The monoisotopic (exact) mass is 196 g/mol. The molecule has 14 heavy (non-hydrogen) atoms. The molecule has 3 heteroatoms. The lowest BCUT2D eigenvalue weighted by molar-refractivity contribution is -0.144. The van der Waals surface area contributed by atoms with Crippen LogP contribution in [-0.2, 0) is 16.0 Å². The summed E-state index contributed by atoms with van der Waals surface area (Å²) in [5, 5.41) is 0. The summed E-state index contributed by atoms with van der Waals surface area (Å²) in [7, 11) is 1.35. The van der Waals surface area contributed by atoms with E-state index >= 15 is 0 Å². The molecule has 0 aliphatic heterocycles. The summed E-state index contributed by atoms with van der Waals surface area (Å²) >= 11 is 0. The molecule has 0 heterocycles. The van der Waals surface area contributed by atoms with Gasteiger partial charge in [-0.1, -0.05) is 19.1 Å². The van der Waals surface area contributed by atoms with Gasteiger partial charge in [-0.25, -0.2) is 4.39 Å². The molecule has 0 spiro atoms. The second-order valence-electron chi connectivity index (χ2n) is 3.26. The minimum atomic E-state index is -0.278. The highest BCUT2D eigenvalue weighted by Gasteiger charge is 2.13. The molecule has 1 rings (SSSR count). The van der Waals surface area contributed by atoms with Crippen molar-refractivity contribution in [3.8, 4) is 0 Å². The summed E-state index contributed by atoms with van der Waals surface area (Å²) in [4.78, 5) is 11.1. The van der Waals surface area contributed by atoms with Crippen molar-refractivity contribution >= 4 is 5.97 Å². The zero-order valence-corrected chi connectivity index (χ0v) is 8.29. The van der Waals surface area contributed by atoms with E-state index in [-0.39, 0.29) is 17.7 Å². The maximum absolute atomic E-state index is 12.8. The lowest BCUT2D eigenvalue weighted by atomic mass is 10.0. The van der Waals surface area contributed by atoms with E-state index in [0.29, 0.717) is 6.42 Å². The Hall–Kier alpha value is -1.38. The summed E-state index contributed by atoms with van der Waals surface area (Å²) in [6.45, 7) is 1.76. The van der Waals surface area contributed by atoms with Gasteiger partial charge in [0.15, 0.2) is 0 Å². The van der Waals surface area contributed by atoms with Crippen LogP contribution in [-0.4, -0.2) is 13.1 Å². The van der Waals surface area contributed by atoms with Crippen molar-refractivity contribution < 1.29 is 13.9 Å². The van der Waals surface area contributed by atoms with E-state index in [4.69, 9.17) is 0 Å². The average Bonchev–Trinajstić information content (AvgIpc) is 2.16. The van der Waals surface area contributed by atoms with Crippen LogP contribution < -0.4 is 0 Å². The van der Waals surface area contributed by atoms with Crippen molar-refractivity contribution in [1.82, 2.24) is 0 Å². The molecule has 2 nitrogen and oxygen atoms in total. The van der Waals surface area contributed by atoms with Crippen LogP contribution in [0.5, 0.6) is 0 Å². The van der Waals surface area contributed by atoms with Gasteiger partial charge in [-0.2, -0.15) is 0 Å². The molecule has 76 valence electrons. The molecule has 0 fully saturated rings. The summed E-state index contributed by atoms with van der Waals surface area (Å²) in [6, 6.07) is 6.24. The van der Waals surface area contributed by atoms with Gasteiger partial charge < -0.3 is 4.74 Å². The molecular formula is C11H13FO2. The van der Waals surface area contributed by atoms with Gasteiger partial charge in [0.1, 0.15) is 5.82 Å². The van der Waals surface area contributed by atoms with E-state index in [1.807, 2.05) is 0 Å². The van der Waals surface area contributed by atoms with Crippen molar-refractivity contribution in [2.24, 2.45) is 5.92 Å². The van der Waals surface area contributed by atoms with Crippen molar-refractivity contribution in [2.75, 3.05) is 7.11 Å². The summed E-state index contributed by atoms with van der Waals surface area (Å²) in [5.74, 6) is -0.782. The molecule has 1 atom stereocenters. The number of carbonyl (C=O) groups is 1. The first-order chi connectivity index (χ1) is 6.63. The highest BCUT2D eigenvalue weighted by Crippen LogP contribution is 2.11. The fourth-order valence-electron chi connectivity index (χ4n) is 1.30. The number of rotatable bonds is 3. The van der Waals surface area contributed by atoms with Gasteiger partial charge in [0.2, 0.25) is 0 Å². The molecule has 0 bridgehead atoms. The fraction of sp³-hybridized carbons (Fsp3) is 0.364. The predicted molar refractivity (Wildman–Crippen MR) is 51.3 cm³/mol. The molecule has 0 amide bonds. The molecule has 0 aromatic heterocycles. The lowest BCUT2D eigenvalue weighted by Crippen LogP contribution is -2.15. The molecule has 0 aliphatic rings. The van der Waals surface area contributed by atoms with Crippen molar-refractivity contribution in [1.29, 1.82) is 0 Å². The van der Waals surface area contributed by atoms with Gasteiger partial charge in [-0.3, -0.25) is 4.79 Å². The molecule has 0 N–H and O–H groups in total. The first-order valence-electron chi connectivity index (χ1n) is 4.45. The van der Waals surface area contributed by atoms with E-state index in [1.54, 1.807) is 19.1 Å². The van der Waals surface area contributed by atoms with Crippen LogP contribution in [0.3, 0.4) is 0 Å². The van der Waals surface area contributed by atoms with Crippen LogP contribution in [0, 0.1) is 11.7 Å². The van der Waals surface area contributed by atoms with Crippen LogP contribution in [0.1, 0.15) is 12.5 Å². The van der Waals surface area contributed by atoms with E-state index < -0.39 is 0 Å². The van der Waals surface area contributed by atoms with Crippen LogP contribution >= 0.6 is 0 Å². The number of hydrogen-bond donors (Lipinski definition) is 0. The Bertz CT molecular complexity index is 323. The van der Waals surface area contributed by atoms with Gasteiger partial charge >= 0.3 is 5.97 Å². The molecule has 0 radical (unpaired) electrons. The highest BCUT2D eigenvalue weighted by molar-refractivity contribution is 5.72. The van der Waals surface area contributed by atoms with E-state index in [0.717, 1.165) is 5.56 Å². The third kappa shape index (κ3) is 2.83. The fourth-order valence-corrected chi connectivity index (χ4v) is 1.30. The van der Waals surface area contributed by atoms with Gasteiger partial charge in [0, 0.05) is 0 Å². The topological polar surface area (TPSA) is 26.3 Å². The third-order valence-corrected chi connectivity index (χ3v) is 2.03. The zero-order chi connectivity index (χ0) is 10.6. The summed E-state index contributed by atoms with van der Waals surface area (Å²) < 4.78 is 17.4. The number of ether oxygens (including phenoxy) is 1. The quantitative estimate of drug-likeness (QED) is 0.692. The molecule has 1 aromatic carbocycles. The number of methoxy groups -OCH3 is 1. The van der Waals surface area contributed by atoms with Gasteiger partial charge in [-0.15, -0.1) is 0 Å². The second-order valence-corrected chi connectivity index (χ2v) is 3.26. The Labute approximate surface area is 82.7 Å². The Morgan fingerprint density at radius 3 is 2.86 bits per heavy atom. The Kier molecular flexibility index (Phi) is 3.63. The standard InChI is InChI=1S/C11H13FO2/c1-8(11(13)14-2)6-9-4-3-5-10(12)7-9/h3-5,7-8H,6H2,1-2H3. The third-order valence-electron chi connectivity index (χ3n) is 2.03. The van der Waals surface area contributed by atoms with Crippen LogP contribution in [0.15, 0.2) is 24.3 Å². The molecule has 0 saturated carbocycles. The molecule has 0 aliphatic carbocycles. The first-order valence-corrected chi connectivity index (χ1v) is 4.45. The van der Waals surface area contributed by atoms with E-state index in [2.05, 4.69) is 4.74 Å². The summed E-state index contributed by atoms with van der Waals surface area (Å²) in [5.41, 5.74) is 0.808. The van der Waals surface area contributed by atoms with Gasteiger partial charge in [0.25, 0.3) is 0 Å². The SMILES string of the molecule is COC(=O)C(C)Cc1cccc(F)c1. The van der Waals surface area contributed by atoms with Gasteiger partial charge in [-0.05, 0) is 24.1 Å². The average molecular weight is 196 g/mol. The lowest BCUT2D eigenvalue weighted by Gasteiger charge is -2.08. The van der Waals surface area contributed by atoms with Gasteiger partial charge in [0.05, 0.1) is 13.0 Å². The smallest absolute Gasteiger partial charge is 0.308 e. The first kappa shape index (κ1) is 10.7. The number of halogens is 1. The number of hydrogen-bond acceptors (Lipinski definition) is 2. The number of benzene rings is 1. The zero-order valence-electron chi connectivity index (χ0n) is 8.29. The molecule has 1 aromatic rings. The molecule has 1 unspecified atom stereocenters. The minimum Gasteiger partial charge on any atom is -0.469 e. The highest BCUT2D eigenvalue weighted by atomic mass is 19.1. The minimum absolute atomic E-state index is 0.234. The van der Waals surface area contributed by atoms with Crippen LogP contribution in [0.4, 0.5) is 4.39 Å². The van der Waals surface area contributed by atoms with Crippen molar-refractivity contribution in [3.63, 3.8) is 0 Å². The van der Waals surface area contributed by atoms with E-state index in [9.17, 15) is 9.18 Å². The Morgan fingerprint density at radius 2 is 2.29 bits per heavy atom. The maximum atomic E-state index is 12.8. The van der Waals surface area contributed by atoms with E-state index in [1.165, 1.54) is 19.2 Å². The maximum Gasteiger partial charge on any atom is 0.308 e. The molecule has 0 saturated heterocycles.